The van der Waals surface area contributed by atoms with Crippen LogP contribution in [0.3, 0.4) is 0 Å². The second kappa shape index (κ2) is 6.77. The maximum absolute atomic E-state index is 11.6. The van der Waals surface area contributed by atoms with Gasteiger partial charge in [0.15, 0.2) is 0 Å². The van der Waals surface area contributed by atoms with Crippen molar-refractivity contribution >= 4 is 11.9 Å². The molecule has 0 aliphatic carbocycles. The van der Waals surface area contributed by atoms with E-state index in [-0.39, 0.29) is 29.1 Å². The molecule has 1 fully saturated rings. The van der Waals surface area contributed by atoms with Gasteiger partial charge in [-0.1, -0.05) is 20.8 Å². The molecule has 21 heavy (non-hydrogen) atoms. The summed E-state index contributed by atoms with van der Waals surface area (Å²) in [7, 11) is 0. The Morgan fingerprint density at radius 3 is 2.14 bits per heavy atom. The van der Waals surface area contributed by atoms with Gasteiger partial charge in [0.25, 0.3) is 0 Å². The number of piperidine rings is 1. The number of hydrogen-bond acceptors (Lipinski definition) is 5. The van der Waals surface area contributed by atoms with Crippen molar-refractivity contribution in [1.29, 1.82) is 0 Å². The highest BCUT2D eigenvalue weighted by Crippen LogP contribution is 2.43. The molecule has 0 radical (unpaired) electrons. The molecule has 1 rings (SSSR count). The SMILES string of the molecule is CCC(=O)OC1CC(C)(C)N(OC(C)=O)C(CC)(CC)C1. The van der Waals surface area contributed by atoms with Crippen LogP contribution in [0.25, 0.3) is 0 Å². The molecule has 5 heteroatoms. The predicted octanol–water partition coefficient (Wildman–Crippen LogP) is 3.22. The van der Waals surface area contributed by atoms with E-state index in [4.69, 9.17) is 9.57 Å². The molecule has 0 aromatic rings. The minimum absolute atomic E-state index is 0.126. The Morgan fingerprint density at radius 2 is 1.71 bits per heavy atom. The monoisotopic (exact) mass is 299 g/mol. The molecule has 0 N–H and O–H groups in total. The molecule has 5 nitrogen and oxygen atoms in total. The van der Waals surface area contributed by atoms with Crippen LogP contribution in [0, 0.1) is 0 Å². The summed E-state index contributed by atoms with van der Waals surface area (Å²) < 4.78 is 5.58. The van der Waals surface area contributed by atoms with Gasteiger partial charge in [-0.2, -0.15) is 0 Å². The third-order valence-corrected chi connectivity index (χ3v) is 4.44. The van der Waals surface area contributed by atoms with Crippen molar-refractivity contribution in [2.75, 3.05) is 0 Å². The van der Waals surface area contributed by atoms with Crippen molar-refractivity contribution in [3.63, 3.8) is 0 Å². The number of rotatable bonds is 5. The van der Waals surface area contributed by atoms with Crippen LogP contribution in [0.5, 0.6) is 0 Å². The van der Waals surface area contributed by atoms with Gasteiger partial charge in [0.1, 0.15) is 6.10 Å². The van der Waals surface area contributed by atoms with Gasteiger partial charge in [0.05, 0.1) is 11.1 Å². The maximum atomic E-state index is 11.6. The average Bonchev–Trinajstić information content (AvgIpc) is 2.40. The Bertz CT molecular complexity index is 388. The smallest absolute Gasteiger partial charge is 0.322 e. The fraction of sp³-hybridized carbons (Fsp3) is 0.875. The molecule has 0 bridgehead atoms. The third kappa shape index (κ3) is 3.96. The molecule has 1 aliphatic heterocycles. The first kappa shape index (κ1) is 18.0. The van der Waals surface area contributed by atoms with E-state index in [1.807, 2.05) is 18.9 Å². The Balaban J connectivity index is 3.06. The lowest BCUT2D eigenvalue weighted by atomic mass is 9.75. The first-order valence-electron chi connectivity index (χ1n) is 7.89. The van der Waals surface area contributed by atoms with Crippen LogP contribution in [0.2, 0.25) is 0 Å². The second-order valence-electron chi connectivity index (χ2n) is 6.49. The summed E-state index contributed by atoms with van der Waals surface area (Å²) in [5, 5.41) is 1.85. The van der Waals surface area contributed by atoms with E-state index in [1.165, 1.54) is 6.92 Å². The van der Waals surface area contributed by atoms with Crippen molar-refractivity contribution in [1.82, 2.24) is 5.06 Å². The zero-order valence-corrected chi connectivity index (χ0v) is 14.2. The summed E-state index contributed by atoms with van der Waals surface area (Å²) in [5.74, 6) is -0.476. The van der Waals surface area contributed by atoms with E-state index in [9.17, 15) is 9.59 Å². The number of nitrogens with zero attached hydrogens (tertiary/aromatic N) is 1. The number of hydroxylamine groups is 2. The van der Waals surface area contributed by atoms with Crippen LogP contribution in [-0.4, -0.2) is 34.2 Å². The second-order valence-corrected chi connectivity index (χ2v) is 6.49. The molecule has 122 valence electrons. The Kier molecular flexibility index (Phi) is 5.79. The fourth-order valence-corrected chi connectivity index (χ4v) is 3.39. The van der Waals surface area contributed by atoms with Crippen LogP contribution >= 0.6 is 0 Å². The van der Waals surface area contributed by atoms with E-state index in [0.717, 1.165) is 12.8 Å². The van der Waals surface area contributed by atoms with Gasteiger partial charge in [0, 0.05) is 26.2 Å². The summed E-state index contributed by atoms with van der Waals surface area (Å²) in [6.45, 7) is 11.5. The highest BCUT2D eigenvalue weighted by Gasteiger charge is 2.52. The van der Waals surface area contributed by atoms with Gasteiger partial charge in [0.2, 0.25) is 0 Å². The molecule has 0 saturated carbocycles. The Hall–Kier alpha value is -1.10. The van der Waals surface area contributed by atoms with Crippen LogP contribution in [0.1, 0.15) is 73.6 Å². The first-order chi connectivity index (χ1) is 9.70. The molecule has 0 aromatic carbocycles. The van der Waals surface area contributed by atoms with Gasteiger partial charge < -0.3 is 9.57 Å². The van der Waals surface area contributed by atoms with Gasteiger partial charge >= 0.3 is 11.9 Å². The molecular weight excluding hydrogens is 270 g/mol. The van der Waals surface area contributed by atoms with Gasteiger partial charge in [-0.05, 0) is 26.7 Å². The minimum Gasteiger partial charge on any atom is -0.462 e. The van der Waals surface area contributed by atoms with Gasteiger partial charge in [-0.15, -0.1) is 5.06 Å². The van der Waals surface area contributed by atoms with Crippen LogP contribution in [-0.2, 0) is 19.2 Å². The predicted molar refractivity (Wildman–Crippen MR) is 80.4 cm³/mol. The molecular formula is C16H29NO4. The number of hydrogen-bond donors (Lipinski definition) is 0. The summed E-state index contributed by atoms with van der Waals surface area (Å²) in [6.07, 6.45) is 3.28. The molecule has 1 saturated heterocycles. The number of esters is 1. The van der Waals surface area contributed by atoms with Crippen LogP contribution in [0.4, 0.5) is 0 Å². The van der Waals surface area contributed by atoms with E-state index < -0.39 is 0 Å². The number of ether oxygens (including phenoxy) is 1. The zero-order chi connectivity index (χ0) is 16.3. The summed E-state index contributed by atoms with van der Waals surface area (Å²) >= 11 is 0. The van der Waals surface area contributed by atoms with Crippen molar-refractivity contribution in [3.8, 4) is 0 Å². The lowest BCUT2D eigenvalue weighted by molar-refractivity contribution is -0.285. The molecule has 0 spiro atoms. The van der Waals surface area contributed by atoms with Crippen molar-refractivity contribution in [3.05, 3.63) is 0 Å². The van der Waals surface area contributed by atoms with Gasteiger partial charge in [-0.25, -0.2) is 0 Å². The number of carbonyl (C=O) groups excluding carboxylic acids is 2. The van der Waals surface area contributed by atoms with Crippen LogP contribution in [0.15, 0.2) is 0 Å². The van der Waals surface area contributed by atoms with E-state index in [0.29, 0.717) is 19.3 Å². The maximum Gasteiger partial charge on any atom is 0.322 e. The molecule has 1 heterocycles. The topological polar surface area (TPSA) is 55.8 Å². The quantitative estimate of drug-likeness (QED) is 0.730. The molecule has 1 unspecified atom stereocenters. The highest BCUT2D eigenvalue weighted by molar-refractivity contribution is 5.69. The largest absolute Gasteiger partial charge is 0.462 e. The zero-order valence-electron chi connectivity index (χ0n) is 14.2. The summed E-state index contributed by atoms with van der Waals surface area (Å²) in [6, 6.07) is 0. The highest BCUT2D eigenvalue weighted by atomic mass is 16.7. The lowest BCUT2D eigenvalue weighted by Gasteiger charge is -2.54. The standard InChI is InChI=1S/C16H29NO4/c1-7-14(19)20-13-10-15(5,6)17(21-12(4)18)16(8-2,9-3)11-13/h13H,7-11H2,1-6H3. The Labute approximate surface area is 127 Å². The lowest BCUT2D eigenvalue weighted by Crippen LogP contribution is -2.64. The Morgan fingerprint density at radius 1 is 1.14 bits per heavy atom. The average molecular weight is 299 g/mol. The fourth-order valence-electron chi connectivity index (χ4n) is 3.39. The van der Waals surface area contributed by atoms with Crippen molar-refractivity contribution in [2.24, 2.45) is 0 Å². The molecule has 0 aromatic heterocycles. The first-order valence-corrected chi connectivity index (χ1v) is 7.89. The summed E-state index contributed by atoms with van der Waals surface area (Å²) in [5.41, 5.74) is -0.652. The van der Waals surface area contributed by atoms with Crippen LogP contribution < -0.4 is 0 Å². The summed E-state index contributed by atoms with van der Waals surface area (Å²) in [4.78, 5) is 28.6. The third-order valence-electron chi connectivity index (χ3n) is 4.44. The molecule has 0 amide bonds. The van der Waals surface area contributed by atoms with E-state index >= 15 is 0 Å². The normalized spacial score (nSPS) is 24.4. The van der Waals surface area contributed by atoms with E-state index in [2.05, 4.69) is 13.8 Å². The molecule has 1 atom stereocenters. The molecule has 1 aliphatic rings. The van der Waals surface area contributed by atoms with E-state index in [1.54, 1.807) is 6.92 Å². The van der Waals surface area contributed by atoms with Gasteiger partial charge in [-0.3, -0.25) is 9.59 Å². The van der Waals surface area contributed by atoms with Crippen molar-refractivity contribution < 1.29 is 19.2 Å². The minimum atomic E-state index is -0.366. The number of carbonyl (C=O) groups is 2. The van der Waals surface area contributed by atoms with Crippen molar-refractivity contribution in [2.45, 2.75) is 90.8 Å².